The number of ether oxygens (including phenoxy) is 1. The first-order valence-electron chi connectivity index (χ1n) is 5.61. The third kappa shape index (κ3) is 4.42. The van der Waals surface area contributed by atoms with Crippen LogP contribution in [0.15, 0.2) is 24.3 Å². The summed E-state index contributed by atoms with van der Waals surface area (Å²) in [6.45, 7) is 1.73. The Balaban J connectivity index is 2.74. The number of anilines is 1. The molecule has 106 valence electrons. The van der Waals surface area contributed by atoms with Gasteiger partial charge in [-0.15, -0.1) is 0 Å². The number of nitrogens with one attached hydrogen (secondary N) is 1. The number of hydrogen-bond acceptors (Lipinski definition) is 5. The first kappa shape index (κ1) is 15.3. The Morgan fingerprint density at radius 2 is 2.05 bits per heavy atom. The van der Waals surface area contributed by atoms with Gasteiger partial charge in [-0.05, 0) is 18.6 Å². The monoisotopic (exact) mass is 287 g/mol. The van der Waals surface area contributed by atoms with E-state index in [1.807, 2.05) is 0 Å². The number of carbonyl (C=O) groups is 1. The van der Waals surface area contributed by atoms with Crippen molar-refractivity contribution in [3.05, 3.63) is 29.8 Å². The molecule has 0 heterocycles. The summed E-state index contributed by atoms with van der Waals surface area (Å²) in [5.41, 5.74) is 6.87. The normalized spacial score (nSPS) is 11.3. The van der Waals surface area contributed by atoms with E-state index in [0.29, 0.717) is 11.3 Å². The van der Waals surface area contributed by atoms with Crippen molar-refractivity contribution in [2.75, 3.05) is 19.4 Å². The second kappa shape index (κ2) is 6.39. The molecule has 1 rings (SSSR count). The largest absolute Gasteiger partial charge is 0.449 e. The van der Waals surface area contributed by atoms with E-state index in [4.69, 9.17) is 5.73 Å². The number of hydrogen-bond donors (Lipinski definition) is 2. The van der Waals surface area contributed by atoms with Crippen LogP contribution in [0.1, 0.15) is 12.5 Å². The molecule has 0 saturated heterocycles. The number of nitrogens with two attached hydrogens (primary N) is 1. The van der Waals surface area contributed by atoms with Crippen LogP contribution in [0.3, 0.4) is 0 Å². The summed E-state index contributed by atoms with van der Waals surface area (Å²) in [5, 5.41) is 0. The fourth-order valence-corrected chi connectivity index (χ4v) is 2.08. The first-order valence-corrected chi connectivity index (χ1v) is 7.05. The SMILES string of the molecule is CCOC(=O)NS(=O)(=O)N(C)Cc1ccccc1N. The molecular formula is C11H17N3O4S. The lowest BCUT2D eigenvalue weighted by Crippen LogP contribution is -2.41. The van der Waals surface area contributed by atoms with Gasteiger partial charge in [-0.3, -0.25) is 0 Å². The number of nitrogen functional groups attached to an aromatic ring is 1. The molecule has 0 saturated carbocycles. The minimum Gasteiger partial charge on any atom is -0.449 e. The fourth-order valence-electron chi connectivity index (χ4n) is 1.35. The Hall–Kier alpha value is -1.80. The van der Waals surface area contributed by atoms with E-state index >= 15 is 0 Å². The number of amides is 1. The summed E-state index contributed by atoms with van der Waals surface area (Å²) in [5.74, 6) is 0. The molecule has 0 spiro atoms. The molecule has 3 N–H and O–H groups in total. The van der Waals surface area contributed by atoms with Gasteiger partial charge in [-0.1, -0.05) is 18.2 Å². The number of carbonyl (C=O) groups excluding carboxylic acids is 1. The van der Waals surface area contributed by atoms with Crippen molar-refractivity contribution in [1.29, 1.82) is 0 Å². The van der Waals surface area contributed by atoms with Gasteiger partial charge in [0, 0.05) is 19.3 Å². The lowest BCUT2D eigenvalue weighted by molar-refractivity contribution is 0.158. The molecule has 1 amide bonds. The Morgan fingerprint density at radius 3 is 2.63 bits per heavy atom. The highest BCUT2D eigenvalue weighted by Gasteiger charge is 2.21. The predicted octanol–water partition coefficient (Wildman–Crippen LogP) is 0.691. The zero-order valence-corrected chi connectivity index (χ0v) is 11.6. The minimum atomic E-state index is -3.94. The summed E-state index contributed by atoms with van der Waals surface area (Å²) >= 11 is 0. The van der Waals surface area contributed by atoms with Gasteiger partial charge >= 0.3 is 16.3 Å². The van der Waals surface area contributed by atoms with Gasteiger partial charge in [-0.2, -0.15) is 12.7 Å². The number of para-hydroxylation sites is 1. The molecule has 0 atom stereocenters. The zero-order valence-electron chi connectivity index (χ0n) is 10.8. The van der Waals surface area contributed by atoms with Crippen LogP contribution in [-0.2, 0) is 21.5 Å². The lowest BCUT2D eigenvalue weighted by Gasteiger charge is -2.18. The fraction of sp³-hybridized carbons (Fsp3) is 0.364. The molecular weight excluding hydrogens is 270 g/mol. The maximum Gasteiger partial charge on any atom is 0.421 e. The van der Waals surface area contributed by atoms with Crippen LogP contribution in [0.4, 0.5) is 10.5 Å². The molecule has 7 nitrogen and oxygen atoms in total. The van der Waals surface area contributed by atoms with E-state index < -0.39 is 16.3 Å². The van der Waals surface area contributed by atoms with Gasteiger partial charge in [0.2, 0.25) is 0 Å². The summed E-state index contributed by atoms with van der Waals surface area (Å²) in [7, 11) is -2.60. The third-order valence-corrected chi connectivity index (χ3v) is 3.72. The Kier molecular flexibility index (Phi) is 5.13. The van der Waals surface area contributed by atoms with Gasteiger partial charge in [0.25, 0.3) is 0 Å². The van der Waals surface area contributed by atoms with Crippen LogP contribution >= 0.6 is 0 Å². The second-order valence-electron chi connectivity index (χ2n) is 3.78. The van der Waals surface area contributed by atoms with Crippen LogP contribution in [-0.4, -0.2) is 32.5 Å². The van der Waals surface area contributed by atoms with Gasteiger partial charge in [0.15, 0.2) is 0 Å². The molecule has 19 heavy (non-hydrogen) atoms. The standard InChI is InChI=1S/C11H17N3O4S/c1-3-18-11(15)13-19(16,17)14(2)8-9-6-4-5-7-10(9)12/h4-7H,3,8,12H2,1-2H3,(H,13,15). The Bertz CT molecular complexity index is 545. The van der Waals surface area contributed by atoms with E-state index in [2.05, 4.69) is 4.74 Å². The maximum atomic E-state index is 11.8. The molecule has 0 bridgehead atoms. The summed E-state index contributed by atoms with van der Waals surface area (Å²) in [6.07, 6.45) is -1.00. The highest BCUT2D eigenvalue weighted by atomic mass is 32.2. The van der Waals surface area contributed by atoms with Crippen LogP contribution in [0.2, 0.25) is 0 Å². The molecule has 8 heteroatoms. The number of nitrogens with zero attached hydrogens (tertiary/aromatic N) is 1. The second-order valence-corrected chi connectivity index (χ2v) is 5.56. The van der Waals surface area contributed by atoms with Crippen LogP contribution in [0.25, 0.3) is 0 Å². The smallest absolute Gasteiger partial charge is 0.421 e. The highest BCUT2D eigenvalue weighted by Crippen LogP contribution is 2.13. The van der Waals surface area contributed by atoms with Crippen molar-refractivity contribution in [1.82, 2.24) is 9.03 Å². The lowest BCUT2D eigenvalue weighted by atomic mass is 10.2. The average molecular weight is 287 g/mol. The Labute approximate surface area is 112 Å². The quantitative estimate of drug-likeness (QED) is 0.776. The van der Waals surface area contributed by atoms with Gasteiger partial charge < -0.3 is 10.5 Å². The molecule has 0 unspecified atom stereocenters. The average Bonchev–Trinajstić information content (AvgIpc) is 2.31. The zero-order chi connectivity index (χ0) is 14.5. The molecule has 0 aliphatic rings. The van der Waals surface area contributed by atoms with Gasteiger partial charge in [0.05, 0.1) is 6.61 Å². The van der Waals surface area contributed by atoms with Gasteiger partial charge in [-0.25, -0.2) is 9.52 Å². The molecule has 0 aromatic heterocycles. The van der Waals surface area contributed by atoms with E-state index in [-0.39, 0.29) is 13.2 Å². The highest BCUT2D eigenvalue weighted by molar-refractivity contribution is 7.87. The molecule has 0 aliphatic heterocycles. The Morgan fingerprint density at radius 1 is 1.42 bits per heavy atom. The topological polar surface area (TPSA) is 102 Å². The van der Waals surface area contributed by atoms with E-state index in [0.717, 1.165) is 4.31 Å². The molecule has 0 radical (unpaired) electrons. The van der Waals surface area contributed by atoms with E-state index in [1.165, 1.54) is 7.05 Å². The van der Waals surface area contributed by atoms with E-state index in [9.17, 15) is 13.2 Å². The van der Waals surface area contributed by atoms with Crippen molar-refractivity contribution in [2.45, 2.75) is 13.5 Å². The molecule has 0 aliphatic carbocycles. The first-order chi connectivity index (χ1) is 8.86. The van der Waals surface area contributed by atoms with Crippen molar-refractivity contribution in [3.63, 3.8) is 0 Å². The van der Waals surface area contributed by atoms with Crippen LogP contribution in [0, 0.1) is 0 Å². The van der Waals surface area contributed by atoms with Crippen molar-refractivity contribution in [2.24, 2.45) is 0 Å². The third-order valence-electron chi connectivity index (χ3n) is 2.35. The van der Waals surface area contributed by atoms with Gasteiger partial charge in [0.1, 0.15) is 0 Å². The number of rotatable bonds is 5. The van der Waals surface area contributed by atoms with Crippen LogP contribution < -0.4 is 10.5 Å². The van der Waals surface area contributed by atoms with Crippen molar-refractivity contribution in [3.8, 4) is 0 Å². The number of benzene rings is 1. The summed E-state index contributed by atoms with van der Waals surface area (Å²) in [6, 6.07) is 6.90. The van der Waals surface area contributed by atoms with Crippen LogP contribution in [0.5, 0.6) is 0 Å². The maximum absolute atomic E-state index is 11.8. The molecule has 1 aromatic carbocycles. The van der Waals surface area contributed by atoms with Crippen molar-refractivity contribution < 1.29 is 17.9 Å². The van der Waals surface area contributed by atoms with Crippen molar-refractivity contribution >= 4 is 22.0 Å². The summed E-state index contributed by atoms with van der Waals surface area (Å²) in [4.78, 5) is 11.1. The summed E-state index contributed by atoms with van der Waals surface area (Å²) < 4.78 is 30.9. The van der Waals surface area contributed by atoms with E-state index in [1.54, 1.807) is 35.9 Å². The molecule has 0 fully saturated rings. The predicted molar refractivity (Wildman–Crippen MR) is 71.4 cm³/mol. The molecule has 1 aromatic rings. The minimum absolute atomic E-state index is 0.0570.